The standard InChI is InChI=1S/C17H20N4O3/c1-11-6-7-21(14(9-11)15-3-2-8-24-15)17(23)20-12-4-5-13(16(18)22)19-10-12/h2-5,8,10-11,14H,6-7,9H2,1H3,(H2,18,22)(H,20,23). The van der Waals surface area contributed by atoms with E-state index in [1.807, 2.05) is 12.1 Å². The van der Waals surface area contributed by atoms with Crippen LogP contribution in [0.2, 0.25) is 0 Å². The van der Waals surface area contributed by atoms with Crippen LogP contribution in [0, 0.1) is 5.92 Å². The number of primary amides is 1. The Morgan fingerprint density at radius 2 is 2.21 bits per heavy atom. The largest absolute Gasteiger partial charge is 0.467 e. The van der Waals surface area contributed by atoms with Gasteiger partial charge in [-0.2, -0.15) is 0 Å². The van der Waals surface area contributed by atoms with Crippen molar-refractivity contribution in [2.45, 2.75) is 25.8 Å². The quantitative estimate of drug-likeness (QED) is 0.904. The van der Waals surface area contributed by atoms with Gasteiger partial charge in [0.1, 0.15) is 11.5 Å². The maximum Gasteiger partial charge on any atom is 0.322 e. The Morgan fingerprint density at radius 1 is 1.38 bits per heavy atom. The Hall–Kier alpha value is -2.83. The molecule has 0 aromatic carbocycles. The highest BCUT2D eigenvalue weighted by molar-refractivity contribution is 5.92. The number of likely N-dealkylation sites (tertiary alicyclic amines) is 1. The summed E-state index contributed by atoms with van der Waals surface area (Å²) in [5, 5.41) is 2.82. The van der Waals surface area contributed by atoms with E-state index in [0.717, 1.165) is 18.6 Å². The number of hydrogen-bond acceptors (Lipinski definition) is 4. The maximum absolute atomic E-state index is 12.7. The molecule has 1 fully saturated rings. The molecule has 2 unspecified atom stereocenters. The Bertz CT molecular complexity index is 712. The maximum atomic E-state index is 12.7. The van der Waals surface area contributed by atoms with Crippen molar-refractivity contribution in [1.82, 2.24) is 9.88 Å². The Kier molecular flexibility index (Phi) is 4.50. The molecule has 1 aliphatic heterocycles. The SMILES string of the molecule is CC1CCN(C(=O)Nc2ccc(C(N)=O)nc2)C(c2ccco2)C1. The van der Waals surface area contributed by atoms with Gasteiger partial charge in [-0.15, -0.1) is 0 Å². The summed E-state index contributed by atoms with van der Waals surface area (Å²) in [7, 11) is 0. The second-order valence-corrected chi connectivity index (χ2v) is 6.08. The first-order chi connectivity index (χ1) is 11.5. The lowest BCUT2D eigenvalue weighted by Gasteiger charge is -2.37. The van der Waals surface area contributed by atoms with Gasteiger partial charge < -0.3 is 20.4 Å². The molecule has 7 heteroatoms. The van der Waals surface area contributed by atoms with Crippen LogP contribution >= 0.6 is 0 Å². The number of carbonyl (C=O) groups is 2. The highest BCUT2D eigenvalue weighted by Gasteiger charge is 2.32. The predicted molar refractivity (Wildman–Crippen MR) is 88.3 cm³/mol. The molecule has 3 N–H and O–H groups in total. The topological polar surface area (TPSA) is 101 Å². The molecule has 3 heterocycles. The molecule has 7 nitrogen and oxygen atoms in total. The third kappa shape index (κ3) is 3.40. The van der Waals surface area contributed by atoms with Gasteiger partial charge in [0.2, 0.25) is 0 Å². The van der Waals surface area contributed by atoms with Crippen molar-refractivity contribution in [3.05, 3.63) is 48.2 Å². The number of pyridine rings is 1. The van der Waals surface area contributed by atoms with Crippen LogP contribution in [0.25, 0.3) is 0 Å². The molecule has 2 atom stereocenters. The number of anilines is 1. The van der Waals surface area contributed by atoms with Crippen LogP contribution < -0.4 is 11.1 Å². The molecular formula is C17H20N4O3. The van der Waals surface area contributed by atoms with Gasteiger partial charge in [-0.25, -0.2) is 9.78 Å². The molecule has 24 heavy (non-hydrogen) atoms. The van der Waals surface area contributed by atoms with Crippen LogP contribution in [0.1, 0.15) is 42.1 Å². The van der Waals surface area contributed by atoms with Crippen molar-refractivity contribution in [3.63, 3.8) is 0 Å². The van der Waals surface area contributed by atoms with E-state index < -0.39 is 5.91 Å². The fourth-order valence-electron chi connectivity index (χ4n) is 2.94. The van der Waals surface area contributed by atoms with E-state index in [4.69, 9.17) is 10.2 Å². The van der Waals surface area contributed by atoms with E-state index in [1.165, 1.54) is 12.3 Å². The molecular weight excluding hydrogens is 308 g/mol. The number of rotatable bonds is 3. The number of urea groups is 1. The number of furan rings is 1. The lowest BCUT2D eigenvalue weighted by atomic mass is 9.91. The smallest absolute Gasteiger partial charge is 0.322 e. The van der Waals surface area contributed by atoms with Crippen LogP contribution in [0.3, 0.4) is 0 Å². The van der Waals surface area contributed by atoms with E-state index in [9.17, 15) is 9.59 Å². The van der Waals surface area contributed by atoms with E-state index >= 15 is 0 Å². The van der Waals surface area contributed by atoms with Crippen molar-refractivity contribution in [1.29, 1.82) is 0 Å². The zero-order valence-corrected chi connectivity index (χ0v) is 13.4. The van der Waals surface area contributed by atoms with Crippen LogP contribution in [-0.4, -0.2) is 28.4 Å². The summed E-state index contributed by atoms with van der Waals surface area (Å²) in [6, 6.07) is 6.53. The van der Waals surface area contributed by atoms with Gasteiger partial charge in [-0.3, -0.25) is 4.79 Å². The Morgan fingerprint density at radius 3 is 2.83 bits per heavy atom. The van der Waals surface area contributed by atoms with Gasteiger partial charge in [0, 0.05) is 6.54 Å². The molecule has 0 aliphatic carbocycles. The van der Waals surface area contributed by atoms with E-state index in [-0.39, 0.29) is 17.8 Å². The lowest BCUT2D eigenvalue weighted by Crippen LogP contribution is -2.42. The number of nitrogens with one attached hydrogen (secondary N) is 1. The Balaban J connectivity index is 1.73. The number of carbonyl (C=O) groups excluding carboxylic acids is 2. The summed E-state index contributed by atoms with van der Waals surface area (Å²) in [5.74, 6) is 0.718. The van der Waals surface area contributed by atoms with Crippen molar-refractivity contribution >= 4 is 17.6 Å². The number of piperidine rings is 1. The number of nitrogens with zero attached hydrogens (tertiary/aromatic N) is 2. The first-order valence-electron chi connectivity index (χ1n) is 7.91. The van der Waals surface area contributed by atoms with Gasteiger partial charge in [0.05, 0.1) is 24.2 Å². The van der Waals surface area contributed by atoms with Gasteiger partial charge in [0.25, 0.3) is 5.91 Å². The molecule has 1 aliphatic rings. The van der Waals surface area contributed by atoms with E-state index in [0.29, 0.717) is 18.2 Å². The number of aromatic nitrogens is 1. The van der Waals surface area contributed by atoms with Crippen LogP contribution in [0.15, 0.2) is 41.1 Å². The van der Waals surface area contributed by atoms with E-state index in [2.05, 4.69) is 17.2 Å². The number of nitrogens with two attached hydrogens (primary N) is 1. The molecule has 0 saturated carbocycles. The van der Waals surface area contributed by atoms with E-state index in [1.54, 1.807) is 17.2 Å². The minimum absolute atomic E-state index is 0.0819. The normalized spacial score (nSPS) is 20.6. The average molecular weight is 328 g/mol. The zero-order chi connectivity index (χ0) is 17.1. The molecule has 126 valence electrons. The minimum atomic E-state index is -0.601. The van der Waals surface area contributed by atoms with Crippen LogP contribution in [-0.2, 0) is 0 Å². The summed E-state index contributed by atoms with van der Waals surface area (Å²) in [4.78, 5) is 29.4. The van der Waals surface area contributed by atoms with Crippen molar-refractivity contribution in [2.75, 3.05) is 11.9 Å². The van der Waals surface area contributed by atoms with Gasteiger partial charge in [-0.1, -0.05) is 6.92 Å². The molecule has 3 amide bonds. The average Bonchev–Trinajstić information content (AvgIpc) is 3.09. The fourth-order valence-corrected chi connectivity index (χ4v) is 2.94. The second-order valence-electron chi connectivity index (χ2n) is 6.08. The first-order valence-corrected chi connectivity index (χ1v) is 7.91. The molecule has 1 saturated heterocycles. The number of amides is 3. The molecule has 0 spiro atoms. The van der Waals surface area contributed by atoms with Crippen molar-refractivity contribution in [2.24, 2.45) is 11.7 Å². The predicted octanol–water partition coefficient (Wildman–Crippen LogP) is 2.78. The summed E-state index contributed by atoms with van der Waals surface area (Å²) >= 11 is 0. The second kappa shape index (κ2) is 6.74. The third-order valence-corrected chi connectivity index (χ3v) is 4.26. The summed E-state index contributed by atoms with van der Waals surface area (Å²) in [6.45, 7) is 2.84. The summed E-state index contributed by atoms with van der Waals surface area (Å²) < 4.78 is 5.51. The highest BCUT2D eigenvalue weighted by atomic mass is 16.3. The van der Waals surface area contributed by atoms with Gasteiger partial charge >= 0.3 is 6.03 Å². The van der Waals surface area contributed by atoms with Crippen molar-refractivity contribution < 1.29 is 14.0 Å². The monoisotopic (exact) mass is 328 g/mol. The van der Waals surface area contributed by atoms with Crippen LogP contribution in [0.4, 0.5) is 10.5 Å². The Labute approximate surface area is 139 Å². The fraction of sp³-hybridized carbons (Fsp3) is 0.353. The molecule has 2 aromatic heterocycles. The molecule has 0 bridgehead atoms. The van der Waals surface area contributed by atoms with Crippen LogP contribution in [0.5, 0.6) is 0 Å². The lowest BCUT2D eigenvalue weighted by molar-refractivity contribution is 0.0995. The van der Waals surface area contributed by atoms with Crippen molar-refractivity contribution in [3.8, 4) is 0 Å². The molecule has 3 rings (SSSR count). The molecule has 2 aromatic rings. The van der Waals surface area contributed by atoms with Gasteiger partial charge in [-0.05, 0) is 43.0 Å². The molecule has 0 radical (unpaired) electrons. The zero-order valence-electron chi connectivity index (χ0n) is 13.4. The van der Waals surface area contributed by atoms with Gasteiger partial charge in [0.15, 0.2) is 0 Å². The minimum Gasteiger partial charge on any atom is -0.467 e. The highest BCUT2D eigenvalue weighted by Crippen LogP contribution is 2.34. The first kappa shape index (κ1) is 16.0. The summed E-state index contributed by atoms with van der Waals surface area (Å²) in [6.07, 6.45) is 4.85. The third-order valence-electron chi connectivity index (χ3n) is 4.26. The summed E-state index contributed by atoms with van der Waals surface area (Å²) in [5.41, 5.74) is 5.84. The number of hydrogen-bond donors (Lipinski definition) is 2.